The van der Waals surface area contributed by atoms with Crippen molar-refractivity contribution >= 4 is 44.1 Å². The Kier molecular flexibility index (Phi) is 3.08. The number of nitrogens with zero attached hydrogens (tertiary/aromatic N) is 2. The van der Waals surface area contributed by atoms with E-state index in [9.17, 15) is 0 Å². The highest BCUT2D eigenvalue weighted by molar-refractivity contribution is 9.11. The van der Waals surface area contributed by atoms with Gasteiger partial charge in [0, 0.05) is 21.6 Å². The van der Waals surface area contributed by atoms with Gasteiger partial charge in [0.2, 0.25) is 4.77 Å². The average Bonchev–Trinajstić information content (AvgIpc) is 2.46. The molecule has 0 spiro atoms. The highest BCUT2D eigenvalue weighted by Gasteiger charge is 2.07. The summed E-state index contributed by atoms with van der Waals surface area (Å²) >= 11 is 11.9. The van der Waals surface area contributed by atoms with Crippen molar-refractivity contribution in [2.75, 3.05) is 0 Å². The summed E-state index contributed by atoms with van der Waals surface area (Å²) in [7, 11) is 1.84. The molecule has 0 aliphatic heterocycles. The first-order chi connectivity index (χ1) is 7.08. The van der Waals surface area contributed by atoms with Gasteiger partial charge < -0.3 is 0 Å². The minimum atomic E-state index is 0.541. The van der Waals surface area contributed by atoms with Crippen molar-refractivity contribution in [2.24, 2.45) is 7.05 Å². The van der Waals surface area contributed by atoms with Crippen LogP contribution in [0.3, 0.4) is 0 Å². The number of nitrogens with one attached hydrogen (secondary N) is 1. The van der Waals surface area contributed by atoms with E-state index in [1.54, 1.807) is 4.68 Å². The largest absolute Gasteiger partial charge is 0.279 e. The predicted octanol–water partition coefficient (Wildman–Crippen LogP) is 3.67. The average molecular weight is 349 g/mol. The van der Waals surface area contributed by atoms with Crippen molar-refractivity contribution in [3.05, 3.63) is 31.9 Å². The minimum Gasteiger partial charge on any atom is -0.279 e. The van der Waals surface area contributed by atoms with Gasteiger partial charge in [-0.15, -0.1) is 0 Å². The molecule has 0 saturated carbocycles. The summed E-state index contributed by atoms with van der Waals surface area (Å²) in [6, 6.07) is 5.91. The molecule has 0 amide bonds. The van der Waals surface area contributed by atoms with E-state index in [4.69, 9.17) is 12.2 Å². The molecular formula is C9H7Br2N3S. The molecule has 2 aromatic rings. The number of hydrogen-bond acceptors (Lipinski definition) is 2. The summed E-state index contributed by atoms with van der Waals surface area (Å²) in [5.74, 6) is 0.766. The molecule has 0 aliphatic carbocycles. The zero-order valence-electron chi connectivity index (χ0n) is 7.79. The Balaban J connectivity index is 2.59. The first-order valence-electron chi connectivity index (χ1n) is 4.16. The van der Waals surface area contributed by atoms with Crippen LogP contribution >= 0.6 is 44.1 Å². The van der Waals surface area contributed by atoms with Crippen LogP contribution in [0, 0.1) is 4.77 Å². The van der Waals surface area contributed by atoms with E-state index in [-0.39, 0.29) is 0 Å². The first kappa shape index (κ1) is 11.0. The molecule has 78 valence electrons. The lowest BCUT2D eigenvalue weighted by Crippen LogP contribution is -1.89. The second-order valence-corrected chi connectivity index (χ2v) is 5.17. The van der Waals surface area contributed by atoms with Crippen LogP contribution in [-0.2, 0) is 7.05 Å². The number of aryl methyl sites for hydroxylation is 1. The van der Waals surface area contributed by atoms with Crippen LogP contribution in [0.2, 0.25) is 0 Å². The van der Waals surface area contributed by atoms with Crippen molar-refractivity contribution in [3.8, 4) is 11.4 Å². The summed E-state index contributed by atoms with van der Waals surface area (Å²) in [6.45, 7) is 0. The molecular weight excluding hydrogens is 342 g/mol. The molecule has 1 N–H and O–H groups in total. The number of aromatic nitrogens is 3. The zero-order chi connectivity index (χ0) is 11.0. The third-order valence-corrected chi connectivity index (χ3v) is 3.47. The normalized spacial score (nSPS) is 10.6. The zero-order valence-corrected chi connectivity index (χ0v) is 11.8. The van der Waals surface area contributed by atoms with Gasteiger partial charge in [0.1, 0.15) is 0 Å². The van der Waals surface area contributed by atoms with E-state index < -0.39 is 0 Å². The predicted molar refractivity (Wildman–Crippen MR) is 69.2 cm³/mol. The van der Waals surface area contributed by atoms with Crippen LogP contribution in [0.1, 0.15) is 0 Å². The molecule has 1 aromatic carbocycles. The Morgan fingerprint density at radius 2 is 2.13 bits per heavy atom. The van der Waals surface area contributed by atoms with E-state index in [1.165, 1.54) is 0 Å². The van der Waals surface area contributed by atoms with E-state index in [0.29, 0.717) is 4.77 Å². The summed E-state index contributed by atoms with van der Waals surface area (Å²) in [4.78, 5) is 4.25. The second-order valence-electron chi connectivity index (χ2n) is 3.04. The smallest absolute Gasteiger partial charge is 0.216 e. The van der Waals surface area contributed by atoms with Crippen LogP contribution in [0.4, 0.5) is 0 Å². The monoisotopic (exact) mass is 347 g/mol. The molecule has 3 nitrogen and oxygen atoms in total. The summed E-state index contributed by atoms with van der Waals surface area (Å²) < 4.78 is 4.24. The second kappa shape index (κ2) is 4.19. The number of rotatable bonds is 1. The molecule has 0 radical (unpaired) electrons. The Morgan fingerprint density at radius 1 is 1.40 bits per heavy atom. The first-order valence-corrected chi connectivity index (χ1v) is 6.16. The van der Waals surface area contributed by atoms with Gasteiger partial charge >= 0.3 is 0 Å². The van der Waals surface area contributed by atoms with Gasteiger partial charge in [-0.2, -0.15) is 4.98 Å². The highest BCUT2D eigenvalue weighted by Crippen LogP contribution is 2.28. The Bertz CT molecular complexity index is 559. The van der Waals surface area contributed by atoms with Crippen LogP contribution in [-0.4, -0.2) is 14.8 Å². The Morgan fingerprint density at radius 3 is 2.67 bits per heavy atom. The van der Waals surface area contributed by atoms with E-state index in [0.717, 1.165) is 20.3 Å². The van der Waals surface area contributed by atoms with E-state index in [1.807, 2.05) is 25.2 Å². The lowest BCUT2D eigenvalue weighted by atomic mass is 10.2. The molecule has 6 heteroatoms. The standard InChI is InChI=1S/C9H7Br2N3S/c1-14-9(15)12-8(13-14)6-3-2-5(10)4-7(6)11/h2-4H,1H3,(H,12,13,15). The summed E-state index contributed by atoms with van der Waals surface area (Å²) in [5, 5.41) is 3.08. The number of halogens is 2. The quantitative estimate of drug-likeness (QED) is 0.798. The third-order valence-electron chi connectivity index (χ3n) is 1.95. The van der Waals surface area contributed by atoms with Crippen LogP contribution in [0.25, 0.3) is 11.4 Å². The van der Waals surface area contributed by atoms with Gasteiger partial charge in [-0.25, -0.2) is 0 Å². The molecule has 15 heavy (non-hydrogen) atoms. The van der Waals surface area contributed by atoms with Crippen molar-refractivity contribution in [1.29, 1.82) is 0 Å². The molecule has 0 fully saturated rings. The van der Waals surface area contributed by atoms with Gasteiger partial charge in [0.05, 0.1) is 0 Å². The lowest BCUT2D eigenvalue weighted by Gasteiger charge is -2.00. The van der Waals surface area contributed by atoms with Gasteiger partial charge in [0.15, 0.2) is 5.82 Å². The molecule has 0 saturated heterocycles. The highest BCUT2D eigenvalue weighted by atomic mass is 79.9. The van der Waals surface area contributed by atoms with Gasteiger partial charge in [-0.3, -0.25) is 9.78 Å². The van der Waals surface area contributed by atoms with Crippen molar-refractivity contribution in [2.45, 2.75) is 0 Å². The third kappa shape index (κ3) is 2.21. The maximum atomic E-state index is 5.04. The fourth-order valence-electron chi connectivity index (χ4n) is 1.20. The Hall–Kier alpha value is -0.460. The maximum absolute atomic E-state index is 5.04. The summed E-state index contributed by atoms with van der Waals surface area (Å²) in [5.41, 5.74) is 0.991. The van der Waals surface area contributed by atoms with Gasteiger partial charge in [-0.05, 0) is 46.3 Å². The molecule has 1 heterocycles. The van der Waals surface area contributed by atoms with Crippen molar-refractivity contribution in [1.82, 2.24) is 14.8 Å². The molecule has 0 aliphatic rings. The SMILES string of the molecule is Cn1[nH]c(-c2ccc(Br)cc2Br)nc1=S. The van der Waals surface area contributed by atoms with Crippen molar-refractivity contribution < 1.29 is 0 Å². The van der Waals surface area contributed by atoms with Gasteiger partial charge in [0.25, 0.3) is 0 Å². The van der Waals surface area contributed by atoms with Crippen LogP contribution < -0.4 is 0 Å². The molecule has 0 bridgehead atoms. The van der Waals surface area contributed by atoms with E-state index >= 15 is 0 Å². The Labute approximate surface area is 109 Å². The molecule has 2 rings (SSSR count). The molecule has 0 unspecified atom stereocenters. The number of hydrogen-bond donors (Lipinski definition) is 1. The fourth-order valence-corrected chi connectivity index (χ4v) is 2.58. The number of benzene rings is 1. The fraction of sp³-hybridized carbons (Fsp3) is 0.111. The number of H-pyrrole nitrogens is 1. The van der Waals surface area contributed by atoms with Crippen LogP contribution in [0.15, 0.2) is 27.1 Å². The van der Waals surface area contributed by atoms with E-state index in [2.05, 4.69) is 41.9 Å². The lowest BCUT2D eigenvalue weighted by molar-refractivity contribution is 0.756. The number of aromatic amines is 1. The minimum absolute atomic E-state index is 0.541. The molecule has 0 atom stereocenters. The molecule has 1 aromatic heterocycles. The summed E-state index contributed by atoms with van der Waals surface area (Å²) in [6.07, 6.45) is 0. The van der Waals surface area contributed by atoms with Crippen LogP contribution in [0.5, 0.6) is 0 Å². The van der Waals surface area contributed by atoms with Crippen molar-refractivity contribution in [3.63, 3.8) is 0 Å². The van der Waals surface area contributed by atoms with Gasteiger partial charge in [-0.1, -0.05) is 15.9 Å². The topological polar surface area (TPSA) is 33.6 Å². The maximum Gasteiger partial charge on any atom is 0.216 e.